The molecule has 1 amide bonds. The number of benzene rings is 1. The fourth-order valence-electron chi connectivity index (χ4n) is 2.02. The van der Waals surface area contributed by atoms with Crippen molar-refractivity contribution in [1.82, 2.24) is 9.88 Å². The largest absolute Gasteiger partial charge is 0.451 e. The van der Waals surface area contributed by atoms with Crippen LogP contribution in [0, 0.1) is 0 Å². The van der Waals surface area contributed by atoms with Gasteiger partial charge in [0.1, 0.15) is 5.69 Å². The summed E-state index contributed by atoms with van der Waals surface area (Å²) in [7, 11) is 1.73. The molecule has 1 atom stereocenters. The van der Waals surface area contributed by atoms with Gasteiger partial charge < -0.3 is 14.6 Å². The topological polar surface area (TPSA) is 60.3 Å². The third-order valence-electron chi connectivity index (χ3n) is 3.21. The molecule has 1 heterocycles. The predicted molar refractivity (Wildman–Crippen MR) is 83.7 cm³/mol. The maximum Gasteiger partial charge on any atom is 0.355 e. The minimum atomic E-state index is -0.530. The molecule has 0 radical (unpaired) electrons. The number of hydrogen-bond donors (Lipinski definition) is 1. The van der Waals surface area contributed by atoms with Crippen LogP contribution in [-0.4, -0.2) is 23.1 Å². The van der Waals surface area contributed by atoms with Gasteiger partial charge in [0.15, 0.2) is 6.61 Å². The summed E-state index contributed by atoms with van der Waals surface area (Å²) in [5.74, 6) is -0.895. The number of rotatable bonds is 5. The molecule has 0 aliphatic rings. The molecule has 116 valence electrons. The zero-order chi connectivity index (χ0) is 16.1. The van der Waals surface area contributed by atoms with Gasteiger partial charge in [-0.15, -0.1) is 0 Å². The Kier molecular flexibility index (Phi) is 5.22. The van der Waals surface area contributed by atoms with Crippen LogP contribution in [0.15, 0.2) is 42.6 Å². The number of ether oxygens (including phenoxy) is 1. The summed E-state index contributed by atoms with van der Waals surface area (Å²) in [4.78, 5) is 23.6. The fourth-order valence-corrected chi connectivity index (χ4v) is 2.22. The van der Waals surface area contributed by atoms with Gasteiger partial charge in [-0.05, 0) is 36.8 Å². The van der Waals surface area contributed by atoms with Gasteiger partial charge in [-0.25, -0.2) is 4.79 Å². The number of aromatic nitrogens is 1. The lowest BCUT2D eigenvalue weighted by Crippen LogP contribution is -2.31. The van der Waals surface area contributed by atoms with Crippen LogP contribution in [0.4, 0.5) is 0 Å². The van der Waals surface area contributed by atoms with Crippen molar-refractivity contribution >= 4 is 23.5 Å². The molecule has 6 heteroatoms. The van der Waals surface area contributed by atoms with Gasteiger partial charge in [0.25, 0.3) is 5.91 Å². The number of nitrogens with zero attached hydrogens (tertiary/aromatic N) is 1. The van der Waals surface area contributed by atoms with E-state index >= 15 is 0 Å². The smallest absolute Gasteiger partial charge is 0.355 e. The zero-order valence-corrected chi connectivity index (χ0v) is 13.1. The van der Waals surface area contributed by atoms with Crippen molar-refractivity contribution in [3.05, 3.63) is 58.9 Å². The van der Waals surface area contributed by atoms with E-state index in [0.29, 0.717) is 10.7 Å². The van der Waals surface area contributed by atoms with Crippen molar-refractivity contribution in [2.24, 2.45) is 7.05 Å². The van der Waals surface area contributed by atoms with Crippen LogP contribution in [0.2, 0.25) is 5.02 Å². The fraction of sp³-hybridized carbons (Fsp3) is 0.250. The highest BCUT2D eigenvalue weighted by Gasteiger charge is 2.14. The van der Waals surface area contributed by atoms with Crippen molar-refractivity contribution in [3.8, 4) is 0 Å². The Balaban J connectivity index is 1.85. The van der Waals surface area contributed by atoms with Gasteiger partial charge in [-0.2, -0.15) is 0 Å². The molecule has 0 aliphatic heterocycles. The number of carbonyl (C=O) groups excluding carboxylic acids is 2. The van der Waals surface area contributed by atoms with Crippen molar-refractivity contribution < 1.29 is 14.3 Å². The predicted octanol–water partition coefficient (Wildman–Crippen LogP) is 2.71. The Morgan fingerprint density at radius 2 is 2.09 bits per heavy atom. The third-order valence-corrected chi connectivity index (χ3v) is 3.45. The van der Waals surface area contributed by atoms with Gasteiger partial charge in [0.2, 0.25) is 0 Å². The average molecular weight is 321 g/mol. The second kappa shape index (κ2) is 7.13. The van der Waals surface area contributed by atoms with Gasteiger partial charge >= 0.3 is 5.97 Å². The summed E-state index contributed by atoms with van der Waals surface area (Å²) in [5.41, 5.74) is 1.28. The average Bonchev–Trinajstić information content (AvgIpc) is 2.91. The zero-order valence-electron chi connectivity index (χ0n) is 12.4. The van der Waals surface area contributed by atoms with E-state index < -0.39 is 5.97 Å². The lowest BCUT2D eigenvalue weighted by Gasteiger charge is -2.14. The maximum absolute atomic E-state index is 11.8. The van der Waals surface area contributed by atoms with Gasteiger partial charge in [0, 0.05) is 18.3 Å². The summed E-state index contributed by atoms with van der Waals surface area (Å²) >= 11 is 5.92. The Hall–Kier alpha value is -2.27. The summed E-state index contributed by atoms with van der Waals surface area (Å²) in [5, 5.41) is 3.36. The Morgan fingerprint density at radius 3 is 2.73 bits per heavy atom. The van der Waals surface area contributed by atoms with Crippen molar-refractivity contribution in [2.45, 2.75) is 13.0 Å². The van der Waals surface area contributed by atoms with Crippen LogP contribution in [0.5, 0.6) is 0 Å². The number of esters is 1. The lowest BCUT2D eigenvalue weighted by atomic mass is 10.1. The lowest BCUT2D eigenvalue weighted by molar-refractivity contribution is -0.124. The minimum absolute atomic E-state index is 0.222. The van der Waals surface area contributed by atoms with Crippen LogP contribution >= 0.6 is 11.6 Å². The molecule has 0 unspecified atom stereocenters. The molecule has 22 heavy (non-hydrogen) atoms. The third kappa shape index (κ3) is 4.11. The molecule has 1 aromatic heterocycles. The summed E-state index contributed by atoms with van der Waals surface area (Å²) in [6.07, 6.45) is 1.73. The molecule has 0 aliphatic carbocycles. The number of halogens is 1. The van der Waals surface area contributed by atoms with E-state index in [4.69, 9.17) is 16.3 Å². The van der Waals surface area contributed by atoms with Crippen molar-refractivity contribution in [1.29, 1.82) is 0 Å². The highest BCUT2D eigenvalue weighted by molar-refractivity contribution is 6.30. The minimum Gasteiger partial charge on any atom is -0.451 e. The van der Waals surface area contributed by atoms with Crippen LogP contribution in [0.3, 0.4) is 0 Å². The van der Waals surface area contributed by atoms with Gasteiger partial charge in [-0.1, -0.05) is 23.7 Å². The van der Waals surface area contributed by atoms with E-state index in [-0.39, 0.29) is 18.6 Å². The summed E-state index contributed by atoms with van der Waals surface area (Å²) in [6.45, 7) is 1.51. The SMILES string of the molecule is C[C@H](NC(=O)COC(=O)c1cccn1C)c1cccc(Cl)c1. The first-order valence-corrected chi connectivity index (χ1v) is 7.18. The molecule has 1 aromatic carbocycles. The van der Waals surface area contributed by atoms with E-state index in [1.165, 1.54) is 0 Å². The first-order chi connectivity index (χ1) is 10.5. The Bertz CT molecular complexity index is 682. The van der Waals surface area contributed by atoms with Crippen molar-refractivity contribution in [2.75, 3.05) is 6.61 Å². The molecule has 0 saturated carbocycles. The summed E-state index contributed by atoms with van der Waals surface area (Å²) in [6, 6.07) is 10.4. The summed E-state index contributed by atoms with van der Waals surface area (Å²) < 4.78 is 6.63. The van der Waals surface area contributed by atoms with Crippen LogP contribution < -0.4 is 5.32 Å². The van der Waals surface area contributed by atoms with E-state index in [2.05, 4.69) is 5.32 Å². The van der Waals surface area contributed by atoms with Crippen molar-refractivity contribution in [3.63, 3.8) is 0 Å². The molecule has 1 N–H and O–H groups in total. The van der Waals surface area contributed by atoms with Crippen LogP contribution in [0.1, 0.15) is 29.0 Å². The molecule has 0 saturated heterocycles. The number of nitrogens with one attached hydrogen (secondary N) is 1. The quantitative estimate of drug-likeness (QED) is 0.862. The first kappa shape index (κ1) is 16.1. The number of aryl methyl sites for hydroxylation is 1. The number of amides is 1. The Labute approximate surface area is 133 Å². The monoisotopic (exact) mass is 320 g/mol. The molecule has 2 aromatic rings. The molecular weight excluding hydrogens is 304 g/mol. The molecule has 0 fully saturated rings. The highest BCUT2D eigenvalue weighted by atomic mass is 35.5. The molecule has 0 spiro atoms. The second-order valence-corrected chi connectivity index (χ2v) is 5.36. The van der Waals surface area contributed by atoms with E-state index in [1.54, 1.807) is 42.1 Å². The first-order valence-electron chi connectivity index (χ1n) is 6.80. The van der Waals surface area contributed by atoms with Gasteiger partial charge in [0.05, 0.1) is 6.04 Å². The second-order valence-electron chi connectivity index (χ2n) is 4.92. The molecular formula is C16H17ClN2O3. The highest BCUT2D eigenvalue weighted by Crippen LogP contribution is 2.17. The number of carbonyl (C=O) groups is 2. The molecule has 2 rings (SSSR count). The molecule has 5 nitrogen and oxygen atoms in total. The standard InChI is InChI=1S/C16H17ClN2O3/c1-11(12-5-3-6-13(17)9-12)18-15(20)10-22-16(21)14-7-4-8-19(14)2/h3-9,11H,10H2,1-2H3,(H,18,20)/t11-/m0/s1. The van der Waals surface area contributed by atoms with E-state index in [1.807, 2.05) is 19.1 Å². The molecule has 0 bridgehead atoms. The maximum atomic E-state index is 11.8. The van der Waals surface area contributed by atoms with Crippen LogP contribution in [0.25, 0.3) is 0 Å². The van der Waals surface area contributed by atoms with Crippen LogP contribution in [-0.2, 0) is 16.6 Å². The van der Waals surface area contributed by atoms with Gasteiger partial charge in [-0.3, -0.25) is 4.79 Å². The Morgan fingerprint density at radius 1 is 1.32 bits per heavy atom. The van der Waals surface area contributed by atoms with E-state index in [0.717, 1.165) is 5.56 Å². The normalized spacial score (nSPS) is 11.8. The van der Waals surface area contributed by atoms with E-state index in [9.17, 15) is 9.59 Å². The number of hydrogen-bond acceptors (Lipinski definition) is 3.